The van der Waals surface area contributed by atoms with Crippen LogP contribution in [0.5, 0.6) is 0 Å². The molecule has 0 atom stereocenters. The SMILES string of the molecule is Cc1cc2cc(N/N=C(\C#N)C(=N)N)ccc2[nH]1. The lowest BCUT2D eigenvalue weighted by molar-refractivity contribution is 1.30. The van der Waals surface area contributed by atoms with Gasteiger partial charge in [-0.25, -0.2) is 0 Å². The number of nitrogens with zero attached hydrogens (tertiary/aromatic N) is 2. The summed E-state index contributed by atoms with van der Waals surface area (Å²) in [6, 6.07) is 9.41. The highest BCUT2D eigenvalue weighted by atomic mass is 15.3. The highest BCUT2D eigenvalue weighted by Crippen LogP contribution is 2.19. The average molecular weight is 240 g/mol. The maximum atomic E-state index is 8.70. The van der Waals surface area contributed by atoms with Crippen molar-refractivity contribution in [3.63, 3.8) is 0 Å². The fraction of sp³-hybridized carbons (Fsp3) is 0.0833. The highest BCUT2D eigenvalue weighted by molar-refractivity contribution is 6.45. The zero-order valence-electron chi connectivity index (χ0n) is 9.78. The van der Waals surface area contributed by atoms with Crippen LogP contribution >= 0.6 is 0 Å². The topological polar surface area (TPSA) is 114 Å². The van der Waals surface area contributed by atoms with Crippen LogP contribution in [0.2, 0.25) is 0 Å². The molecule has 1 heterocycles. The van der Waals surface area contributed by atoms with E-state index >= 15 is 0 Å². The smallest absolute Gasteiger partial charge is 0.201 e. The molecule has 0 fully saturated rings. The number of rotatable bonds is 3. The Morgan fingerprint density at radius 3 is 2.94 bits per heavy atom. The molecule has 0 aliphatic rings. The van der Waals surface area contributed by atoms with E-state index in [4.69, 9.17) is 16.4 Å². The molecule has 0 saturated heterocycles. The van der Waals surface area contributed by atoms with E-state index in [0.29, 0.717) is 0 Å². The van der Waals surface area contributed by atoms with E-state index in [2.05, 4.69) is 15.5 Å². The van der Waals surface area contributed by atoms with Crippen LogP contribution in [0.1, 0.15) is 5.69 Å². The van der Waals surface area contributed by atoms with Crippen molar-refractivity contribution in [1.29, 1.82) is 10.7 Å². The summed E-state index contributed by atoms with van der Waals surface area (Å²) in [4.78, 5) is 3.21. The molecule has 0 bridgehead atoms. The van der Waals surface area contributed by atoms with Crippen LogP contribution in [0.3, 0.4) is 0 Å². The molecule has 2 rings (SSSR count). The van der Waals surface area contributed by atoms with Gasteiger partial charge in [-0.1, -0.05) is 0 Å². The summed E-state index contributed by atoms with van der Waals surface area (Å²) >= 11 is 0. The molecule has 0 saturated carbocycles. The molecule has 2 aromatic rings. The minimum absolute atomic E-state index is 0.139. The summed E-state index contributed by atoms with van der Waals surface area (Å²) in [5.41, 5.74) is 10.6. The molecule has 5 N–H and O–H groups in total. The van der Waals surface area contributed by atoms with Gasteiger partial charge in [0.1, 0.15) is 6.07 Å². The fourth-order valence-corrected chi connectivity index (χ4v) is 1.61. The number of anilines is 1. The molecular formula is C12H12N6. The lowest BCUT2D eigenvalue weighted by atomic mass is 10.2. The number of hydrogen-bond acceptors (Lipinski definition) is 4. The van der Waals surface area contributed by atoms with Crippen molar-refractivity contribution in [3.8, 4) is 6.07 Å². The number of fused-ring (bicyclic) bond motifs is 1. The monoisotopic (exact) mass is 240 g/mol. The number of aromatic amines is 1. The van der Waals surface area contributed by atoms with Gasteiger partial charge in [0.05, 0.1) is 5.69 Å². The van der Waals surface area contributed by atoms with Gasteiger partial charge in [0.15, 0.2) is 5.84 Å². The maximum Gasteiger partial charge on any atom is 0.201 e. The van der Waals surface area contributed by atoms with Crippen LogP contribution in [0.4, 0.5) is 5.69 Å². The molecular weight excluding hydrogens is 228 g/mol. The number of aryl methyl sites for hydroxylation is 1. The first kappa shape index (κ1) is 11.7. The molecule has 90 valence electrons. The van der Waals surface area contributed by atoms with Crippen LogP contribution in [-0.2, 0) is 0 Å². The standard InChI is InChI=1S/C12H12N6/c1-7-4-8-5-9(2-3-10(8)16-7)17-18-11(6-13)12(14)15/h2-5,16-17H,1H3,(H3,14,15)/b18-11+. The third kappa shape index (κ3) is 2.30. The van der Waals surface area contributed by atoms with Crippen LogP contribution < -0.4 is 11.2 Å². The minimum Gasteiger partial charge on any atom is -0.382 e. The molecule has 1 aromatic carbocycles. The number of H-pyrrole nitrogens is 1. The van der Waals surface area contributed by atoms with Crippen LogP contribution in [0, 0.1) is 23.7 Å². The summed E-state index contributed by atoms with van der Waals surface area (Å²) in [5, 5.41) is 20.7. The van der Waals surface area contributed by atoms with E-state index in [-0.39, 0.29) is 11.5 Å². The largest absolute Gasteiger partial charge is 0.382 e. The highest BCUT2D eigenvalue weighted by Gasteiger charge is 2.02. The molecule has 0 amide bonds. The first-order valence-corrected chi connectivity index (χ1v) is 5.27. The van der Waals surface area contributed by atoms with Gasteiger partial charge in [-0.05, 0) is 31.2 Å². The van der Waals surface area contributed by atoms with Crippen LogP contribution in [-0.4, -0.2) is 16.5 Å². The molecule has 0 radical (unpaired) electrons. The van der Waals surface area contributed by atoms with E-state index < -0.39 is 0 Å². The van der Waals surface area contributed by atoms with Gasteiger partial charge in [-0.2, -0.15) is 10.4 Å². The molecule has 6 nitrogen and oxygen atoms in total. The summed E-state index contributed by atoms with van der Waals surface area (Å²) in [6.45, 7) is 1.98. The van der Waals surface area contributed by atoms with E-state index in [9.17, 15) is 0 Å². The number of nitrogens with one attached hydrogen (secondary N) is 3. The molecule has 6 heteroatoms. The number of nitrogens with two attached hydrogens (primary N) is 1. The van der Waals surface area contributed by atoms with Crippen molar-refractivity contribution in [2.24, 2.45) is 10.8 Å². The maximum absolute atomic E-state index is 8.70. The number of hydrogen-bond donors (Lipinski definition) is 4. The van der Waals surface area contributed by atoms with E-state index in [1.165, 1.54) is 0 Å². The van der Waals surface area contributed by atoms with Gasteiger partial charge in [0.25, 0.3) is 0 Å². The van der Waals surface area contributed by atoms with Crippen molar-refractivity contribution in [2.75, 3.05) is 5.43 Å². The Kier molecular flexibility index (Phi) is 2.98. The zero-order chi connectivity index (χ0) is 13.1. The molecule has 18 heavy (non-hydrogen) atoms. The Hall–Kier alpha value is -2.81. The molecule has 0 aliphatic carbocycles. The predicted octanol–water partition coefficient (Wildman–Crippen LogP) is 1.70. The van der Waals surface area contributed by atoms with Gasteiger partial charge in [-0.15, -0.1) is 0 Å². The second kappa shape index (κ2) is 4.59. The van der Waals surface area contributed by atoms with Gasteiger partial charge < -0.3 is 10.7 Å². The number of amidine groups is 1. The quantitative estimate of drug-likeness (QED) is 0.372. The molecule has 0 aliphatic heterocycles. The third-order valence-corrected chi connectivity index (χ3v) is 2.41. The second-order valence-corrected chi connectivity index (χ2v) is 3.85. The van der Waals surface area contributed by atoms with Crippen molar-refractivity contribution in [3.05, 3.63) is 30.0 Å². The van der Waals surface area contributed by atoms with Crippen LogP contribution in [0.15, 0.2) is 29.4 Å². The minimum atomic E-state index is -0.358. The van der Waals surface area contributed by atoms with Crippen molar-refractivity contribution in [1.82, 2.24) is 4.98 Å². The summed E-state index contributed by atoms with van der Waals surface area (Å²) in [5.74, 6) is -0.358. The number of benzene rings is 1. The zero-order valence-corrected chi connectivity index (χ0v) is 9.78. The first-order chi connectivity index (χ1) is 8.60. The molecule has 0 spiro atoms. The normalized spacial score (nSPS) is 11.2. The Bertz CT molecular complexity index is 673. The first-order valence-electron chi connectivity index (χ1n) is 5.27. The summed E-state index contributed by atoms with van der Waals surface area (Å²) < 4.78 is 0. The third-order valence-electron chi connectivity index (χ3n) is 2.41. The number of hydrazone groups is 1. The Morgan fingerprint density at radius 1 is 1.50 bits per heavy atom. The lowest BCUT2D eigenvalue weighted by Crippen LogP contribution is -2.21. The number of nitriles is 1. The van der Waals surface area contributed by atoms with Crippen LogP contribution in [0.25, 0.3) is 10.9 Å². The Labute approximate surface area is 104 Å². The summed E-state index contributed by atoms with van der Waals surface area (Å²) in [7, 11) is 0. The van der Waals surface area contributed by atoms with E-state index in [0.717, 1.165) is 22.3 Å². The van der Waals surface area contributed by atoms with Gasteiger partial charge >= 0.3 is 0 Å². The van der Waals surface area contributed by atoms with Gasteiger partial charge in [0.2, 0.25) is 5.71 Å². The van der Waals surface area contributed by atoms with Crippen molar-refractivity contribution >= 4 is 28.1 Å². The van der Waals surface area contributed by atoms with E-state index in [1.54, 1.807) is 6.07 Å². The van der Waals surface area contributed by atoms with Crippen molar-refractivity contribution in [2.45, 2.75) is 6.92 Å². The lowest BCUT2D eigenvalue weighted by Gasteiger charge is -2.01. The second-order valence-electron chi connectivity index (χ2n) is 3.85. The van der Waals surface area contributed by atoms with Crippen molar-refractivity contribution < 1.29 is 0 Å². The average Bonchev–Trinajstić information content (AvgIpc) is 2.68. The van der Waals surface area contributed by atoms with Gasteiger partial charge in [0, 0.05) is 16.6 Å². The Balaban J connectivity index is 2.27. The molecule has 1 aromatic heterocycles. The predicted molar refractivity (Wildman–Crippen MR) is 71.6 cm³/mol. The number of aromatic nitrogens is 1. The summed E-state index contributed by atoms with van der Waals surface area (Å²) in [6.07, 6.45) is 0. The molecule has 0 unspecified atom stereocenters. The van der Waals surface area contributed by atoms with Gasteiger partial charge in [-0.3, -0.25) is 10.8 Å². The van der Waals surface area contributed by atoms with E-state index in [1.807, 2.05) is 31.2 Å². The Morgan fingerprint density at radius 2 is 2.28 bits per heavy atom. The fourth-order valence-electron chi connectivity index (χ4n) is 1.61.